The highest BCUT2D eigenvalue weighted by molar-refractivity contribution is 5.85. The van der Waals surface area contributed by atoms with Gasteiger partial charge in [-0.15, -0.1) is 12.4 Å². The highest BCUT2D eigenvalue weighted by Gasteiger charge is 2.41. The molecule has 1 aromatic rings. The zero-order valence-corrected chi connectivity index (χ0v) is 16.1. The Bertz CT molecular complexity index is 607. The summed E-state index contributed by atoms with van der Waals surface area (Å²) in [5.41, 5.74) is 0.456. The van der Waals surface area contributed by atoms with Gasteiger partial charge in [0.1, 0.15) is 0 Å². The molecule has 0 bridgehead atoms. The van der Waals surface area contributed by atoms with Crippen molar-refractivity contribution in [1.29, 1.82) is 0 Å². The number of nitrogens with zero attached hydrogens (tertiary/aromatic N) is 3. The average Bonchev–Trinajstić information content (AvgIpc) is 3.16. The van der Waals surface area contributed by atoms with Gasteiger partial charge in [-0.1, -0.05) is 43.2 Å². The van der Waals surface area contributed by atoms with E-state index in [-0.39, 0.29) is 18.4 Å². The summed E-state index contributed by atoms with van der Waals surface area (Å²) in [6.45, 7) is 2.17. The lowest BCUT2D eigenvalue weighted by Crippen LogP contribution is -2.54. The molecule has 1 heterocycles. The second kappa shape index (κ2) is 9.33. The number of likely N-dealkylation sites (N-methyl/N-ethyl adjacent to an activating group) is 1. The van der Waals surface area contributed by atoms with Crippen molar-refractivity contribution in [1.82, 2.24) is 9.80 Å². The molecule has 1 aromatic carbocycles. The largest absolute Gasteiger partial charge is 0.335 e. The van der Waals surface area contributed by atoms with Gasteiger partial charge >= 0.3 is 11.9 Å². The number of halogens is 1. The van der Waals surface area contributed by atoms with Crippen LogP contribution in [0.3, 0.4) is 0 Å². The first kappa shape index (κ1) is 20.6. The molecule has 144 valence electrons. The molecule has 1 saturated carbocycles. The Labute approximate surface area is 161 Å². The van der Waals surface area contributed by atoms with E-state index in [0.29, 0.717) is 11.6 Å². The van der Waals surface area contributed by atoms with Crippen molar-refractivity contribution in [3.63, 3.8) is 0 Å². The molecule has 3 rings (SSSR count). The Morgan fingerprint density at radius 1 is 1.15 bits per heavy atom. The van der Waals surface area contributed by atoms with E-state index in [1.54, 1.807) is 42.3 Å². The van der Waals surface area contributed by atoms with Crippen LogP contribution in [0.15, 0.2) is 30.3 Å². The molecule has 3 atom stereocenters. The van der Waals surface area contributed by atoms with Crippen molar-refractivity contribution in [3.8, 4) is 0 Å². The Morgan fingerprint density at radius 3 is 2.38 bits per heavy atom. The maximum Gasteiger partial charge on any atom is 0.314 e. The minimum atomic E-state index is -1.31. The van der Waals surface area contributed by atoms with E-state index in [0.717, 1.165) is 32.4 Å². The normalized spacial score (nSPS) is 24.5. The monoisotopic (exact) mass is 381 g/mol. The van der Waals surface area contributed by atoms with E-state index in [4.69, 9.17) is 0 Å². The second-order valence-corrected chi connectivity index (χ2v) is 7.21. The van der Waals surface area contributed by atoms with Crippen LogP contribution in [0.1, 0.15) is 50.1 Å². The third-order valence-electron chi connectivity index (χ3n) is 5.71. The number of hydrogen-bond acceptors (Lipinski definition) is 4. The molecular weight excluding hydrogens is 354 g/mol. The maximum atomic E-state index is 13.0. The lowest BCUT2D eigenvalue weighted by molar-refractivity contribution is -0.515. The predicted molar refractivity (Wildman–Crippen MR) is 103 cm³/mol. The van der Waals surface area contributed by atoms with Crippen LogP contribution in [0, 0.1) is 10.1 Å². The van der Waals surface area contributed by atoms with Crippen LogP contribution in [-0.2, 0) is 4.79 Å². The number of likely N-dealkylation sites (tertiary alicyclic amines) is 1. The Hall–Kier alpha value is -1.66. The molecule has 2 fully saturated rings. The molecular formula is C19H28ClN3O3. The summed E-state index contributed by atoms with van der Waals surface area (Å²) >= 11 is 0. The molecule has 0 radical (unpaired) electrons. The highest BCUT2D eigenvalue weighted by atomic mass is 35.5. The number of carbonyl (C=O) groups excluding carboxylic acids is 1. The van der Waals surface area contributed by atoms with Gasteiger partial charge in [-0.05, 0) is 38.8 Å². The molecule has 1 aliphatic heterocycles. The quantitative estimate of drug-likeness (QED) is 0.579. The van der Waals surface area contributed by atoms with Gasteiger partial charge in [-0.3, -0.25) is 19.8 Å². The highest BCUT2D eigenvalue weighted by Crippen LogP contribution is 2.31. The number of hydrogen-bond donors (Lipinski definition) is 0. The van der Waals surface area contributed by atoms with Crippen molar-refractivity contribution < 1.29 is 9.72 Å². The van der Waals surface area contributed by atoms with Gasteiger partial charge in [0.15, 0.2) is 0 Å². The minimum Gasteiger partial charge on any atom is -0.335 e. The van der Waals surface area contributed by atoms with Gasteiger partial charge in [0, 0.05) is 29.6 Å². The number of nitro groups is 1. The topological polar surface area (TPSA) is 66.7 Å². The van der Waals surface area contributed by atoms with Crippen LogP contribution < -0.4 is 0 Å². The molecule has 1 aliphatic carbocycles. The van der Waals surface area contributed by atoms with Crippen molar-refractivity contribution in [2.24, 2.45) is 0 Å². The molecule has 26 heavy (non-hydrogen) atoms. The zero-order valence-electron chi connectivity index (χ0n) is 15.3. The molecule has 6 nitrogen and oxygen atoms in total. The second-order valence-electron chi connectivity index (χ2n) is 7.21. The SMILES string of the molecule is CN(C(=O)C(c1ccccc1)[N+](=O)[O-])[C@@H]1CCCC[C@H]1N1CCCC1.Cl. The Balaban J connectivity index is 0.00000243. The van der Waals surface area contributed by atoms with Crippen molar-refractivity contribution in [2.75, 3.05) is 20.1 Å². The first-order valence-corrected chi connectivity index (χ1v) is 9.29. The lowest BCUT2D eigenvalue weighted by atomic mass is 9.87. The van der Waals surface area contributed by atoms with Crippen LogP contribution in [-0.4, -0.2) is 52.9 Å². The van der Waals surface area contributed by atoms with Gasteiger partial charge in [-0.25, -0.2) is 0 Å². The van der Waals surface area contributed by atoms with E-state index in [1.165, 1.54) is 19.3 Å². The van der Waals surface area contributed by atoms with Crippen LogP contribution >= 0.6 is 12.4 Å². The fourth-order valence-corrected chi connectivity index (χ4v) is 4.39. The Morgan fingerprint density at radius 2 is 1.77 bits per heavy atom. The van der Waals surface area contributed by atoms with Crippen LogP contribution in [0.5, 0.6) is 0 Å². The van der Waals surface area contributed by atoms with Crippen molar-refractivity contribution in [2.45, 2.75) is 56.7 Å². The Kier molecular flexibility index (Phi) is 7.41. The van der Waals surface area contributed by atoms with E-state index in [9.17, 15) is 14.9 Å². The molecule has 0 spiro atoms. The summed E-state index contributed by atoms with van der Waals surface area (Å²) < 4.78 is 0. The summed E-state index contributed by atoms with van der Waals surface area (Å²) in [5.74, 6) is -0.396. The third kappa shape index (κ3) is 4.35. The molecule has 7 heteroatoms. The predicted octanol–water partition coefficient (Wildman–Crippen LogP) is 3.29. The molecule has 0 aromatic heterocycles. The molecule has 2 aliphatic rings. The standard InChI is InChI=1S/C19H27N3O3.ClH/c1-20(16-11-5-6-12-17(16)21-13-7-8-14-21)19(23)18(22(24)25)15-9-3-2-4-10-15;/h2-4,9-10,16-18H,5-8,11-14H2,1H3;1H/t16-,17-,18?;/m1./s1. The summed E-state index contributed by atoms with van der Waals surface area (Å²) in [5, 5.41) is 11.6. The van der Waals surface area contributed by atoms with Gasteiger partial charge in [-0.2, -0.15) is 0 Å². The number of carbonyl (C=O) groups is 1. The zero-order chi connectivity index (χ0) is 17.8. The summed E-state index contributed by atoms with van der Waals surface area (Å²) in [7, 11) is 1.75. The summed E-state index contributed by atoms with van der Waals surface area (Å²) in [6, 6.07) is 7.72. The van der Waals surface area contributed by atoms with E-state index >= 15 is 0 Å². The van der Waals surface area contributed by atoms with Crippen LogP contribution in [0.4, 0.5) is 0 Å². The van der Waals surface area contributed by atoms with E-state index < -0.39 is 16.9 Å². The fourth-order valence-electron chi connectivity index (χ4n) is 4.39. The van der Waals surface area contributed by atoms with Crippen molar-refractivity contribution >= 4 is 18.3 Å². The van der Waals surface area contributed by atoms with Crippen LogP contribution in [0.2, 0.25) is 0 Å². The maximum absolute atomic E-state index is 13.0. The lowest BCUT2D eigenvalue weighted by Gasteiger charge is -2.42. The van der Waals surface area contributed by atoms with Crippen LogP contribution in [0.25, 0.3) is 0 Å². The summed E-state index contributed by atoms with van der Waals surface area (Å²) in [4.78, 5) is 28.3. The number of rotatable bonds is 5. The molecule has 1 unspecified atom stereocenters. The first-order valence-electron chi connectivity index (χ1n) is 9.29. The van der Waals surface area contributed by atoms with E-state index in [1.807, 2.05) is 0 Å². The van der Waals surface area contributed by atoms with Gasteiger partial charge in [0.25, 0.3) is 0 Å². The molecule has 1 amide bonds. The fraction of sp³-hybridized carbons (Fsp3) is 0.632. The minimum absolute atomic E-state index is 0. The average molecular weight is 382 g/mol. The number of benzene rings is 1. The van der Waals surface area contributed by atoms with Gasteiger partial charge in [0.2, 0.25) is 0 Å². The first-order chi connectivity index (χ1) is 12.1. The van der Waals surface area contributed by atoms with Gasteiger partial charge < -0.3 is 4.90 Å². The molecule has 1 saturated heterocycles. The molecule has 0 N–H and O–H groups in total. The number of amides is 1. The van der Waals surface area contributed by atoms with E-state index in [2.05, 4.69) is 4.90 Å². The smallest absolute Gasteiger partial charge is 0.314 e. The van der Waals surface area contributed by atoms with Crippen molar-refractivity contribution in [3.05, 3.63) is 46.0 Å². The summed E-state index contributed by atoms with van der Waals surface area (Å²) in [6.07, 6.45) is 6.70. The van der Waals surface area contributed by atoms with Gasteiger partial charge in [0.05, 0.1) is 0 Å². The third-order valence-corrected chi connectivity index (χ3v) is 5.71.